The summed E-state index contributed by atoms with van der Waals surface area (Å²) in [5.41, 5.74) is 16.3. The van der Waals surface area contributed by atoms with Gasteiger partial charge in [0.2, 0.25) is 17.7 Å². The fraction of sp³-hybridized carbons (Fsp3) is 0.390. The molecule has 2 amide bonds. The van der Waals surface area contributed by atoms with E-state index in [-0.39, 0.29) is 23.9 Å². The normalized spacial score (nSPS) is 17.7. The maximum absolute atomic E-state index is 14.3. The molecule has 1 aliphatic rings. The standard InChI is InChI=1S/C41H50N6O3/c1-27(2)19-36-26-46(40(48)37(42)23-29-14-16-31-9-4-6-11-33(31)21-29)35(13-8-18-44-39-20-28(3)45-50-39)25-47(36)41(49)38(43)24-30-15-17-32-10-5-7-12-34(32)22-30/h4-7,9-12,14-17,20-22,27,35-38,44H,8,13,18-19,23-26,42-43H2,1-3H3/t35-,36+,37+,38+/m0/s1. The molecule has 0 aliphatic carbocycles. The van der Waals surface area contributed by atoms with Crippen LogP contribution in [-0.2, 0) is 22.4 Å². The molecule has 0 saturated carbocycles. The monoisotopic (exact) mass is 674 g/mol. The average Bonchev–Trinajstić information content (AvgIpc) is 3.53. The van der Waals surface area contributed by atoms with Crippen molar-refractivity contribution in [3.63, 3.8) is 0 Å². The summed E-state index contributed by atoms with van der Waals surface area (Å²) in [7, 11) is 0. The lowest BCUT2D eigenvalue weighted by Gasteiger charge is -2.48. The van der Waals surface area contributed by atoms with E-state index in [2.05, 4.69) is 85.0 Å². The average molecular weight is 675 g/mol. The number of rotatable bonds is 13. The zero-order chi connectivity index (χ0) is 35.2. The Kier molecular flexibility index (Phi) is 11.1. The van der Waals surface area contributed by atoms with Gasteiger partial charge in [-0.25, -0.2) is 0 Å². The SMILES string of the molecule is Cc1cc(NCCC[C@H]2CN(C(=O)[C@H](N)Cc3ccc4ccccc4c3)[C@H](CC(C)C)CN2C(=O)[C@H](N)Cc2ccc3ccccc3c2)on1. The first-order chi connectivity index (χ1) is 24.1. The van der Waals surface area contributed by atoms with E-state index in [9.17, 15) is 9.59 Å². The number of hydrogen-bond acceptors (Lipinski definition) is 7. The van der Waals surface area contributed by atoms with Gasteiger partial charge in [-0.3, -0.25) is 9.59 Å². The van der Waals surface area contributed by atoms with Crippen molar-refractivity contribution in [2.75, 3.05) is 25.0 Å². The number of anilines is 1. The largest absolute Gasteiger partial charge is 0.354 e. The number of benzene rings is 4. The number of carbonyl (C=O) groups is 2. The predicted molar refractivity (Wildman–Crippen MR) is 201 cm³/mol. The summed E-state index contributed by atoms with van der Waals surface area (Å²) in [6.45, 7) is 7.66. The fourth-order valence-corrected chi connectivity index (χ4v) is 7.32. The maximum Gasteiger partial charge on any atom is 0.240 e. The highest BCUT2D eigenvalue weighted by molar-refractivity contribution is 5.87. The number of nitrogens with two attached hydrogens (primary N) is 2. The lowest BCUT2D eigenvalue weighted by atomic mass is 9.93. The number of carbonyl (C=O) groups excluding carboxylic acids is 2. The zero-order valence-electron chi connectivity index (χ0n) is 29.4. The van der Waals surface area contributed by atoms with Gasteiger partial charge in [0.1, 0.15) is 0 Å². The lowest BCUT2D eigenvalue weighted by Crippen LogP contribution is -2.65. The summed E-state index contributed by atoms with van der Waals surface area (Å²) < 4.78 is 5.32. The minimum absolute atomic E-state index is 0.0726. The van der Waals surface area contributed by atoms with Crippen molar-refractivity contribution in [2.45, 2.75) is 77.0 Å². The van der Waals surface area contributed by atoms with Gasteiger partial charge >= 0.3 is 0 Å². The minimum atomic E-state index is -0.703. The van der Waals surface area contributed by atoms with Crippen LogP contribution in [0.4, 0.5) is 5.88 Å². The number of amides is 2. The van der Waals surface area contributed by atoms with Gasteiger partial charge in [-0.05, 0) is 77.6 Å². The molecule has 0 unspecified atom stereocenters. The Morgan fingerprint density at radius 3 is 1.82 bits per heavy atom. The summed E-state index contributed by atoms with van der Waals surface area (Å²) in [6.07, 6.45) is 3.09. The van der Waals surface area contributed by atoms with Crippen molar-refractivity contribution < 1.29 is 14.1 Å². The quantitative estimate of drug-likeness (QED) is 0.129. The van der Waals surface area contributed by atoms with Crippen molar-refractivity contribution >= 4 is 39.2 Å². The highest BCUT2D eigenvalue weighted by atomic mass is 16.5. The molecule has 9 nitrogen and oxygen atoms in total. The van der Waals surface area contributed by atoms with Crippen LogP contribution in [0.1, 0.15) is 49.9 Å². The molecular formula is C41H50N6O3. The third kappa shape index (κ3) is 8.52. The number of nitrogens with zero attached hydrogens (tertiary/aromatic N) is 3. The van der Waals surface area contributed by atoms with Crippen molar-refractivity contribution in [1.82, 2.24) is 15.0 Å². The van der Waals surface area contributed by atoms with Crippen molar-refractivity contribution in [3.8, 4) is 0 Å². The Morgan fingerprint density at radius 2 is 1.30 bits per heavy atom. The van der Waals surface area contributed by atoms with Crippen molar-refractivity contribution in [2.24, 2.45) is 17.4 Å². The molecule has 4 aromatic carbocycles. The van der Waals surface area contributed by atoms with Gasteiger partial charge in [-0.15, -0.1) is 0 Å². The van der Waals surface area contributed by atoms with E-state index in [1.54, 1.807) is 0 Å². The first kappa shape index (κ1) is 35.1. The zero-order valence-corrected chi connectivity index (χ0v) is 29.4. The number of piperazine rings is 1. The first-order valence-corrected chi connectivity index (χ1v) is 17.9. The van der Waals surface area contributed by atoms with Gasteiger partial charge < -0.3 is 31.1 Å². The molecule has 50 heavy (non-hydrogen) atoms. The second-order valence-electron chi connectivity index (χ2n) is 14.3. The summed E-state index contributed by atoms with van der Waals surface area (Å²) in [4.78, 5) is 32.4. The number of fused-ring (bicyclic) bond motifs is 2. The summed E-state index contributed by atoms with van der Waals surface area (Å²) in [5, 5.41) is 11.8. The third-order valence-electron chi connectivity index (χ3n) is 9.82. The van der Waals surface area contributed by atoms with Gasteiger partial charge in [0.15, 0.2) is 0 Å². The Labute approximate surface area is 295 Å². The van der Waals surface area contributed by atoms with Gasteiger partial charge in [-0.1, -0.05) is 104 Å². The number of hydrogen-bond donors (Lipinski definition) is 3. The Hall–Kier alpha value is -4.73. The summed E-state index contributed by atoms with van der Waals surface area (Å²) in [6, 6.07) is 29.0. The predicted octanol–water partition coefficient (Wildman–Crippen LogP) is 6.08. The highest BCUT2D eigenvalue weighted by Crippen LogP contribution is 2.27. The van der Waals surface area contributed by atoms with E-state index in [0.717, 1.165) is 51.2 Å². The summed E-state index contributed by atoms with van der Waals surface area (Å²) >= 11 is 0. The molecule has 6 rings (SSSR count). The van der Waals surface area contributed by atoms with Gasteiger partial charge in [0.05, 0.1) is 17.8 Å². The number of nitrogens with one attached hydrogen (secondary N) is 1. The molecule has 4 atom stereocenters. The van der Waals surface area contributed by atoms with E-state index >= 15 is 0 Å². The second-order valence-corrected chi connectivity index (χ2v) is 14.3. The van der Waals surface area contributed by atoms with Crippen molar-refractivity contribution in [1.29, 1.82) is 0 Å². The molecule has 1 fully saturated rings. The van der Waals surface area contributed by atoms with Crippen LogP contribution in [0, 0.1) is 12.8 Å². The second kappa shape index (κ2) is 15.9. The molecule has 5 aromatic rings. The molecular weight excluding hydrogens is 624 g/mol. The van der Waals surface area contributed by atoms with Crippen LogP contribution in [0.5, 0.6) is 0 Å². The number of aryl methyl sites for hydroxylation is 1. The Morgan fingerprint density at radius 1 is 0.780 bits per heavy atom. The fourth-order valence-electron chi connectivity index (χ4n) is 7.32. The highest BCUT2D eigenvalue weighted by Gasteiger charge is 2.41. The van der Waals surface area contributed by atoms with Gasteiger partial charge in [0, 0.05) is 37.8 Å². The van der Waals surface area contributed by atoms with E-state index in [1.165, 1.54) is 0 Å². The van der Waals surface area contributed by atoms with Crippen LogP contribution in [-0.4, -0.2) is 70.6 Å². The Balaban J connectivity index is 1.20. The molecule has 0 bridgehead atoms. The van der Waals surface area contributed by atoms with Crippen LogP contribution in [0.2, 0.25) is 0 Å². The van der Waals surface area contributed by atoms with Crippen LogP contribution in [0.25, 0.3) is 21.5 Å². The van der Waals surface area contributed by atoms with Crippen molar-refractivity contribution in [3.05, 3.63) is 108 Å². The topological polar surface area (TPSA) is 131 Å². The molecule has 9 heteroatoms. The molecule has 1 aliphatic heterocycles. The lowest BCUT2D eigenvalue weighted by molar-refractivity contribution is -0.149. The van der Waals surface area contributed by atoms with E-state index in [0.29, 0.717) is 50.7 Å². The maximum atomic E-state index is 14.3. The molecule has 0 radical (unpaired) electrons. The van der Waals surface area contributed by atoms with Crippen LogP contribution >= 0.6 is 0 Å². The Bertz CT molecular complexity index is 1920. The van der Waals surface area contributed by atoms with Crippen LogP contribution in [0.15, 0.2) is 95.5 Å². The van der Waals surface area contributed by atoms with Crippen LogP contribution in [0.3, 0.4) is 0 Å². The summed E-state index contributed by atoms with van der Waals surface area (Å²) in [5.74, 6) is 0.784. The molecule has 262 valence electrons. The van der Waals surface area contributed by atoms with Gasteiger partial charge in [-0.2, -0.15) is 0 Å². The number of aromatic nitrogens is 1. The minimum Gasteiger partial charge on any atom is -0.354 e. The van der Waals surface area contributed by atoms with E-state index in [1.807, 2.05) is 47.1 Å². The van der Waals surface area contributed by atoms with E-state index in [4.69, 9.17) is 16.0 Å². The smallest absolute Gasteiger partial charge is 0.240 e. The molecule has 2 heterocycles. The molecule has 1 aromatic heterocycles. The molecule has 5 N–H and O–H groups in total. The first-order valence-electron chi connectivity index (χ1n) is 17.9. The van der Waals surface area contributed by atoms with Crippen LogP contribution < -0.4 is 16.8 Å². The third-order valence-corrected chi connectivity index (χ3v) is 9.82. The van der Waals surface area contributed by atoms with Gasteiger partial charge in [0.25, 0.3) is 0 Å². The van der Waals surface area contributed by atoms with E-state index < -0.39 is 12.1 Å². The molecule has 1 saturated heterocycles. The molecule has 0 spiro atoms.